The zero-order valence-corrected chi connectivity index (χ0v) is 19.5. The summed E-state index contributed by atoms with van der Waals surface area (Å²) in [5.41, 5.74) is 2.90. The molecule has 3 aromatic carbocycles. The summed E-state index contributed by atoms with van der Waals surface area (Å²) >= 11 is 12.5. The van der Waals surface area contributed by atoms with Crippen molar-refractivity contribution in [1.29, 1.82) is 0 Å². The minimum absolute atomic E-state index is 0.0502. The van der Waals surface area contributed by atoms with Gasteiger partial charge in [-0.25, -0.2) is 0 Å². The molecule has 0 fully saturated rings. The van der Waals surface area contributed by atoms with Gasteiger partial charge in [-0.05, 0) is 46.4 Å². The van der Waals surface area contributed by atoms with Crippen molar-refractivity contribution in [2.45, 2.75) is 39.0 Å². The highest BCUT2D eigenvalue weighted by Crippen LogP contribution is 2.48. The largest absolute Gasteiger partial charge is 0.294 e. The van der Waals surface area contributed by atoms with Crippen LogP contribution in [0.3, 0.4) is 0 Å². The van der Waals surface area contributed by atoms with Crippen molar-refractivity contribution < 1.29 is 9.59 Å². The molecular formula is C27H23Cl2NO2. The van der Waals surface area contributed by atoms with Gasteiger partial charge in [0.15, 0.2) is 5.78 Å². The van der Waals surface area contributed by atoms with E-state index >= 15 is 0 Å². The second-order valence-electron chi connectivity index (χ2n) is 9.52. The molecule has 1 aliphatic heterocycles. The summed E-state index contributed by atoms with van der Waals surface area (Å²) in [4.78, 5) is 28.7. The Balaban J connectivity index is 1.70. The van der Waals surface area contributed by atoms with Crippen molar-refractivity contribution in [3.63, 3.8) is 0 Å². The van der Waals surface area contributed by atoms with Gasteiger partial charge in [0.05, 0.1) is 5.69 Å². The maximum Gasteiger partial charge on any atom is 0.232 e. The molecule has 32 heavy (non-hydrogen) atoms. The predicted molar refractivity (Wildman–Crippen MR) is 130 cm³/mol. The number of rotatable bonds is 2. The Morgan fingerprint density at radius 1 is 0.875 bits per heavy atom. The summed E-state index contributed by atoms with van der Waals surface area (Å²) in [6.07, 6.45) is 1.33. The van der Waals surface area contributed by atoms with Gasteiger partial charge < -0.3 is 0 Å². The molecule has 1 amide bonds. The molecule has 1 aliphatic carbocycles. The average Bonchev–Trinajstić information content (AvgIpc) is 2.71. The molecule has 0 radical (unpaired) electrons. The molecule has 0 saturated heterocycles. The predicted octanol–water partition coefficient (Wildman–Crippen LogP) is 7.31. The van der Waals surface area contributed by atoms with Crippen molar-refractivity contribution in [1.82, 2.24) is 0 Å². The lowest BCUT2D eigenvalue weighted by Crippen LogP contribution is -2.43. The number of nitrogens with zero attached hydrogens (tertiary/aromatic N) is 1. The molecule has 1 atom stereocenters. The highest BCUT2D eigenvalue weighted by Gasteiger charge is 2.44. The van der Waals surface area contributed by atoms with Crippen molar-refractivity contribution in [3.05, 3.63) is 87.5 Å². The fourth-order valence-corrected chi connectivity index (χ4v) is 5.61. The third-order valence-electron chi connectivity index (χ3n) is 6.42. The monoisotopic (exact) mass is 463 g/mol. The van der Waals surface area contributed by atoms with Gasteiger partial charge in [-0.15, -0.1) is 0 Å². The lowest BCUT2D eigenvalue weighted by Gasteiger charge is -2.43. The third-order valence-corrected chi connectivity index (χ3v) is 6.86. The van der Waals surface area contributed by atoms with Gasteiger partial charge in [0.1, 0.15) is 0 Å². The SMILES string of the molecule is CC1(C)CC(=O)C2=C(C1)N(c1cc(Cl)cc(Cl)c1)C(=O)CC2c1ccc2ccccc2c1. The van der Waals surface area contributed by atoms with Crippen LogP contribution >= 0.6 is 23.2 Å². The number of carbonyl (C=O) groups is 2. The third kappa shape index (κ3) is 3.74. The first kappa shape index (κ1) is 21.2. The first-order valence-electron chi connectivity index (χ1n) is 10.8. The number of fused-ring (bicyclic) bond motifs is 1. The minimum atomic E-state index is -0.253. The van der Waals surface area contributed by atoms with Gasteiger partial charge in [0, 0.05) is 40.1 Å². The van der Waals surface area contributed by atoms with E-state index < -0.39 is 0 Å². The van der Waals surface area contributed by atoms with Crippen LogP contribution < -0.4 is 4.90 Å². The highest BCUT2D eigenvalue weighted by molar-refractivity contribution is 6.35. The van der Waals surface area contributed by atoms with Crippen LogP contribution in [0.15, 0.2) is 71.9 Å². The summed E-state index contributed by atoms with van der Waals surface area (Å²) in [6.45, 7) is 4.14. The number of Topliss-reactive ketones (excluding diaryl/α,β-unsaturated/α-hetero) is 1. The van der Waals surface area contributed by atoms with Crippen LogP contribution in [0.4, 0.5) is 5.69 Å². The number of carbonyl (C=O) groups excluding carboxylic acids is 2. The Bertz CT molecular complexity index is 1290. The van der Waals surface area contributed by atoms with Crippen molar-refractivity contribution in [3.8, 4) is 0 Å². The Hall–Kier alpha value is -2.62. The molecule has 1 unspecified atom stereocenters. The van der Waals surface area contributed by atoms with Gasteiger partial charge in [-0.1, -0.05) is 79.5 Å². The normalized spacial score (nSPS) is 20.6. The van der Waals surface area contributed by atoms with Crippen LogP contribution in [0, 0.1) is 5.41 Å². The van der Waals surface area contributed by atoms with Gasteiger partial charge in [0.2, 0.25) is 5.91 Å². The number of allylic oxidation sites excluding steroid dienone is 2. The molecule has 0 bridgehead atoms. The molecule has 0 spiro atoms. The number of halogens is 2. The maximum absolute atomic E-state index is 13.5. The van der Waals surface area contributed by atoms with E-state index in [2.05, 4.69) is 38.1 Å². The molecule has 2 aliphatic rings. The molecule has 5 heteroatoms. The summed E-state index contributed by atoms with van der Waals surface area (Å²) < 4.78 is 0. The van der Waals surface area contributed by atoms with E-state index in [0.717, 1.165) is 27.6 Å². The maximum atomic E-state index is 13.5. The fourth-order valence-electron chi connectivity index (χ4n) is 5.09. The minimum Gasteiger partial charge on any atom is -0.294 e. The number of hydrogen-bond donors (Lipinski definition) is 0. The van der Waals surface area contributed by atoms with Crippen LogP contribution in [0.5, 0.6) is 0 Å². The smallest absolute Gasteiger partial charge is 0.232 e. The molecule has 0 aromatic heterocycles. The zero-order chi connectivity index (χ0) is 22.6. The molecule has 3 nitrogen and oxygen atoms in total. The van der Waals surface area contributed by atoms with Crippen LogP contribution in [-0.2, 0) is 9.59 Å². The topological polar surface area (TPSA) is 37.4 Å². The van der Waals surface area contributed by atoms with Crippen molar-refractivity contribution >= 4 is 51.4 Å². The van der Waals surface area contributed by atoms with Crippen molar-refractivity contribution in [2.75, 3.05) is 4.90 Å². The van der Waals surface area contributed by atoms with Crippen LogP contribution in [-0.4, -0.2) is 11.7 Å². The summed E-state index contributed by atoms with van der Waals surface area (Å²) in [7, 11) is 0. The number of anilines is 1. The van der Waals surface area contributed by atoms with E-state index in [4.69, 9.17) is 23.2 Å². The quantitative estimate of drug-likeness (QED) is 0.399. The van der Waals surface area contributed by atoms with Crippen LogP contribution in [0.25, 0.3) is 10.8 Å². The van der Waals surface area contributed by atoms with Crippen molar-refractivity contribution in [2.24, 2.45) is 5.41 Å². The lowest BCUT2D eigenvalue weighted by atomic mass is 9.69. The zero-order valence-electron chi connectivity index (χ0n) is 18.0. The Morgan fingerprint density at radius 3 is 2.28 bits per heavy atom. The van der Waals surface area contributed by atoms with E-state index in [1.54, 1.807) is 23.1 Å². The van der Waals surface area contributed by atoms with E-state index in [0.29, 0.717) is 28.6 Å². The molecule has 5 rings (SSSR count). The molecule has 3 aromatic rings. The highest BCUT2D eigenvalue weighted by atomic mass is 35.5. The summed E-state index contributed by atoms with van der Waals surface area (Å²) in [5.74, 6) is -0.192. The Morgan fingerprint density at radius 2 is 1.56 bits per heavy atom. The molecular weight excluding hydrogens is 441 g/mol. The van der Waals surface area contributed by atoms with Gasteiger partial charge >= 0.3 is 0 Å². The van der Waals surface area contributed by atoms with E-state index in [9.17, 15) is 9.59 Å². The second-order valence-corrected chi connectivity index (χ2v) is 10.4. The number of ketones is 1. The number of benzene rings is 3. The standard InChI is InChI=1S/C27H23Cl2NO2/c1-27(2)14-23-26(24(31)15-27)22(18-8-7-16-5-3-4-6-17(16)9-18)13-25(32)30(23)21-11-19(28)10-20(29)12-21/h3-12,22H,13-15H2,1-2H3. The molecule has 0 saturated carbocycles. The van der Waals surface area contributed by atoms with Gasteiger partial charge in [0.25, 0.3) is 0 Å². The number of amides is 1. The van der Waals surface area contributed by atoms with Gasteiger partial charge in [-0.2, -0.15) is 0 Å². The van der Waals surface area contributed by atoms with Gasteiger partial charge in [-0.3, -0.25) is 14.5 Å². The van der Waals surface area contributed by atoms with E-state index in [1.807, 2.05) is 18.2 Å². The van der Waals surface area contributed by atoms with E-state index in [1.165, 1.54) is 0 Å². The first-order chi connectivity index (χ1) is 15.2. The lowest BCUT2D eigenvalue weighted by molar-refractivity contribution is -0.121. The first-order valence-corrected chi connectivity index (χ1v) is 11.5. The molecule has 162 valence electrons. The molecule has 0 N–H and O–H groups in total. The fraction of sp³-hybridized carbons (Fsp3) is 0.259. The summed E-state index contributed by atoms with van der Waals surface area (Å²) in [6, 6.07) is 19.5. The van der Waals surface area contributed by atoms with Crippen LogP contribution in [0.1, 0.15) is 44.6 Å². The second kappa shape index (κ2) is 7.75. The summed E-state index contributed by atoms with van der Waals surface area (Å²) in [5, 5.41) is 3.16. The Kier molecular flexibility index (Phi) is 5.15. The number of hydrogen-bond acceptors (Lipinski definition) is 2. The van der Waals surface area contributed by atoms with E-state index in [-0.39, 0.29) is 29.4 Å². The average molecular weight is 464 g/mol. The molecule has 1 heterocycles. The van der Waals surface area contributed by atoms with Crippen LogP contribution in [0.2, 0.25) is 10.0 Å². The Labute approximate surface area is 197 Å².